The Morgan fingerprint density at radius 3 is 2.61 bits per heavy atom. The standard InChI is InChI=1S/C19H21ClF3N5/c1-3-11-6-12(28-10-13-7-14(28)9-27(13)2)4-5-16(11)25-18-24-8-15(17(20)26-18)19(21,22)23/h4-6,8,13-14H,3,7,9-10H2,1-2H3,(H,24,25,26)/t13-,14-/m1/s1. The van der Waals surface area contributed by atoms with E-state index in [1.807, 2.05) is 19.1 Å². The second-order valence-electron chi connectivity index (χ2n) is 7.35. The molecule has 1 N–H and O–H groups in total. The van der Waals surface area contributed by atoms with Gasteiger partial charge in [-0.25, -0.2) is 9.97 Å². The van der Waals surface area contributed by atoms with E-state index in [2.05, 4.69) is 38.2 Å². The minimum Gasteiger partial charge on any atom is -0.366 e. The van der Waals surface area contributed by atoms with Crippen molar-refractivity contribution in [2.24, 2.45) is 0 Å². The van der Waals surface area contributed by atoms with Crippen LogP contribution >= 0.6 is 11.6 Å². The van der Waals surface area contributed by atoms with E-state index in [0.717, 1.165) is 30.8 Å². The molecule has 0 saturated carbocycles. The lowest BCUT2D eigenvalue weighted by Crippen LogP contribution is -2.44. The molecule has 1 aromatic heterocycles. The number of nitrogens with one attached hydrogen (secondary N) is 1. The maximum absolute atomic E-state index is 12.8. The number of likely N-dealkylation sites (tertiary alicyclic amines) is 1. The van der Waals surface area contributed by atoms with Crippen LogP contribution in [0.3, 0.4) is 0 Å². The van der Waals surface area contributed by atoms with Gasteiger partial charge in [0.25, 0.3) is 0 Å². The monoisotopic (exact) mass is 411 g/mol. The van der Waals surface area contributed by atoms with Gasteiger partial charge in [0.05, 0.1) is 0 Å². The third-order valence-electron chi connectivity index (χ3n) is 5.61. The fourth-order valence-electron chi connectivity index (χ4n) is 4.09. The zero-order valence-electron chi connectivity index (χ0n) is 15.6. The number of hydrogen-bond donors (Lipinski definition) is 1. The van der Waals surface area contributed by atoms with Gasteiger partial charge in [0.1, 0.15) is 10.7 Å². The molecule has 2 aliphatic heterocycles. The number of halogens is 4. The normalized spacial score (nSPS) is 22.1. The van der Waals surface area contributed by atoms with Crippen molar-refractivity contribution in [3.63, 3.8) is 0 Å². The molecule has 2 aromatic rings. The molecular weight excluding hydrogens is 391 g/mol. The van der Waals surface area contributed by atoms with Crippen LogP contribution in [0.25, 0.3) is 0 Å². The Morgan fingerprint density at radius 2 is 2.04 bits per heavy atom. The predicted octanol–water partition coefficient (Wildman–Crippen LogP) is 4.35. The lowest BCUT2D eigenvalue weighted by molar-refractivity contribution is -0.137. The lowest BCUT2D eigenvalue weighted by atomic mass is 10.1. The van der Waals surface area contributed by atoms with Gasteiger partial charge in [-0.3, -0.25) is 4.90 Å². The SMILES string of the molecule is CCc1cc(N2C[C@H]3C[C@@H]2CN3C)ccc1Nc1ncc(C(F)(F)F)c(Cl)n1. The minimum absolute atomic E-state index is 0.0438. The number of aryl methyl sites for hydroxylation is 1. The molecule has 150 valence electrons. The summed E-state index contributed by atoms with van der Waals surface area (Å²) >= 11 is 5.69. The molecule has 9 heteroatoms. The van der Waals surface area contributed by atoms with E-state index in [0.29, 0.717) is 18.3 Å². The molecule has 2 fully saturated rings. The van der Waals surface area contributed by atoms with Crippen LogP contribution < -0.4 is 10.2 Å². The molecule has 5 nitrogen and oxygen atoms in total. The number of likely N-dealkylation sites (N-methyl/N-ethyl adjacent to an activating group) is 1. The smallest absolute Gasteiger partial charge is 0.366 e. The molecule has 2 bridgehead atoms. The van der Waals surface area contributed by atoms with E-state index in [4.69, 9.17) is 11.6 Å². The maximum Gasteiger partial charge on any atom is 0.420 e. The van der Waals surface area contributed by atoms with Crippen molar-refractivity contribution in [3.8, 4) is 0 Å². The number of fused-ring (bicyclic) bond motifs is 2. The van der Waals surface area contributed by atoms with Crippen LogP contribution in [0.2, 0.25) is 5.15 Å². The fourth-order valence-corrected chi connectivity index (χ4v) is 4.32. The average Bonchev–Trinajstić information content (AvgIpc) is 3.20. The highest BCUT2D eigenvalue weighted by atomic mass is 35.5. The van der Waals surface area contributed by atoms with E-state index < -0.39 is 16.9 Å². The molecule has 28 heavy (non-hydrogen) atoms. The van der Waals surface area contributed by atoms with Crippen LogP contribution in [0.1, 0.15) is 24.5 Å². The first-order chi connectivity index (χ1) is 13.3. The summed E-state index contributed by atoms with van der Waals surface area (Å²) in [5, 5.41) is 2.39. The molecule has 0 aliphatic carbocycles. The van der Waals surface area contributed by atoms with Crippen molar-refractivity contribution in [2.45, 2.75) is 38.0 Å². The van der Waals surface area contributed by atoms with Gasteiger partial charge in [-0.05, 0) is 43.7 Å². The lowest BCUT2D eigenvalue weighted by Gasteiger charge is -2.34. The number of benzene rings is 1. The third kappa shape index (κ3) is 3.51. The van der Waals surface area contributed by atoms with Gasteiger partial charge in [0.2, 0.25) is 5.95 Å². The van der Waals surface area contributed by atoms with Gasteiger partial charge in [0, 0.05) is 42.7 Å². The number of nitrogens with zero attached hydrogens (tertiary/aromatic N) is 4. The summed E-state index contributed by atoms with van der Waals surface area (Å²) < 4.78 is 38.4. The van der Waals surface area contributed by atoms with Crippen LogP contribution in [0.5, 0.6) is 0 Å². The summed E-state index contributed by atoms with van der Waals surface area (Å²) in [7, 11) is 2.17. The first-order valence-electron chi connectivity index (χ1n) is 9.22. The molecule has 3 heterocycles. The molecule has 0 amide bonds. The summed E-state index contributed by atoms with van der Waals surface area (Å²) in [5.41, 5.74) is 1.95. The number of alkyl halides is 3. The van der Waals surface area contributed by atoms with Gasteiger partial charge in [-0.15, -0.1) is 0 Å². The third-order valence-corrected chi connectivity index (χ3v) is 5.90. The van der Waals surface area contributed by atoms with E-state index in [1.54, 1.807) is 0 Å². The van der Waals surface area contributed by atoms with Gasteiger partial charge < -0.3 is 10.2 Å². The summed E-state index contributed by atoms with van der Waals surface area (Å²) in [6.45, 7) is 4.13. The predicted molar refractivity (Wildman–Crippen MR) is 103 cm³/mol. The Kier molecular flexibility index (Phi) is 4.87. The molecule has 0 radical (unpaired) electrons. The van der Waals surface area contributed by atoms with Crippen molar-refractivity contribution in [1.82, 2.24) is 14.9 Å². The second kappa shape index (κ2) is 7.08. The van der Waals surface area contributed by atoms with Gasteiger partial charge in [-0.1, -0.05) is 18.5 Å². The molecular formula is C19H21ClF3N5. The first kappa shape index (κ1) is 19.3. The molecule has 2 saturated heterocycles. The van der Waals surface area contributed by atoms with Gasteiger partial charge >= 0.3 is 6.18 Å². The Bertz CT molecular complexity index is 886. The van der Waals surface area contributed by atoms with E-state index in [9.17, 15) is 13.2 Å². The largest absolute Gasteiger partial charge is 0.420 e. The molecule has 0 unspecified atom stereocenters. The highest BCUT2D eigenvalue weighted by Crippen LogP contribution is 2.36. The van der Waals surface area contributed by atoms with Crippen LogP contribution in [-0.4, -0.2) is 47.1 Å². The Balaban J connectivity index is 1.55. The van der Waals surface area contributed by atoms with Gasteiger partial charge in [-0.2, -0.15) is 13.2 Å². The maximum atomic E-state index is 12.8. The minimum atomic E-state index is -4.57. The summed E-state index contributed by atoms with van der Waals surface area (Å²) in [6.07, 6.45) is -1.91. The molecule has 2 atom stereocenters. The van der Waals surface area contributed by atoms with Crippen molar-refractivity contribution in [2.75, 3.05) is 30.4 Å². The number of aromatic nitrogens is 2. The second-order valence-corrected chi connectivity index (χ2v) is 7.71. The van der Waals surface area contributed by atoms with Crippen molar-refractivity contribution < 1.29 is 13.2 Å². The Labute approximate surface area is 166 Å². The number of anilines is 3. The topological polar surface area (TPSA) is 44.3 Å². The van der Waals surface area contributed by atoms with E-state index >= 15 is 0 Å². The van der Waals surface area contributed by atoms with Crippen LogP contribution in [0.4, 0.5) is 30.5 Å². The zero-order chi connectivity index (χ0) is 20.1. The fraction of sp³-hybridized carbons (Fsp3) is 0.474. The van der Waals surface area contributed by atoms with Crippen LogP contribution in [-0.2, 0) is 12.6 Å². The molecule has 4 rings (SSSR count). The quantitative estimate of drug-likeness (QED) is 0.758. The molecule has 2 aliphatic rings. The number of piperazine rings is 1. The number of rotatable bonds is 4. The van der Waals surface area contributed by atoms with Crippen molar-refractivity contribution in [3.05, 3.63) is 40.7 Å². The van der Waals surface area contributed by atoms with E-state index in [-0.39, 0.29) is 5.95 Å². The summed E-state index contributed by atoms with van der Waals surface area (Å²) in [6, 6.07) is 7.24. The van der Waals surface area contributed by atoms with Crippen molar-refractivity contribution in [1.29, 1.82) is 0 Å². The van der Waals surface area contributed by atoms with Gasteiger partial charge in [0.15, 0.2) is 0 Å². The zero-order valence-corrected chi connectivity index (χ0v) is 16.3. The highest BCUT2D eigenvalue weighted by Gasteiger charge is 2.41. The van der Waals surface area contributed by atoms with E-state index in [1.165, 1.54) is 12.1 Å². The summed E-state index contributed by atoms with van der Waals surface area (Å²) in [4.78, 5) is 12.4. The average molecular weight is 412 g/mol. The Morgan fingerprint density at radius 1 is 1.25 bits per heavy atom. The van der Waals surface area contributed by atoms with Crippen molar-refractivity contribution >= 4 is 28.9 Å². The Hall–Kier alpha value is -2.06. The highest BCUT2D eigenvalue weighted by molar-refractivity contribution is 6.30. The summed E-state index contributed by atoms with van der Waals surface area (Å²) in [5.74, 6) is 0.0438. The molecule has 0 spiro atoms. The van der Waals surface area contributed by atoms with Crippen LogP contribution in [0.15, 0.2) is 24.4 Å². The molecule has 1 aromatic carbocycles. The van der Waals surface area contributed by atoms with Crippen LogP contribution in [0, 0.1) is 0 Å². The number of hydrogen-bond acceptors (Lipinski definition) is 5. The first-order valence-corrected chi connectivity index (χ1v) is 9.60.